The highest BCUT2D eigenvalue weighted by molar-refractivity contribution is 7.89. The number of methoxy groups -OCH3 is 1. The Bertz CT molecular complexity index is 746. The van der Waals surface area contributed by atoms with Gasteiger partial charge in [0.1, 0.15) is 5.75 Å². The van der Waals surface area contributed by atoms with E-state index in [4.69, 9.17) is 16.3 Å². The van der Waals surface area contributed by atoms with Crippen molar-refractivity contribution in [2.24, 2.45) is 5.10 Å². The summed E-state index contributed by atoms with van der Waals surface area (Å²) in [6.07, 6.45) is 1.37. The lowest BCUT2D eigenvalue weighted by atomic mass is 10.2. The lowest BCUT2D eigenvalue weighted by Crippen LogP contribution is -2.18. The van der Waals surface area contributed by atoms with Crippen LogP contribution in [0.5, 0.6) is 5.75 Å². The Morgan fingerprint density at radius 2 is 1.90 bits per heavy atom. The van der Waals surface area contributed by atoms with Gasteiger partial charge in [-0.2, -0.15) is 13.5 Å². The van der Waals surface area contributed by atoms with E-state index < -0.39 is 10.0 Å². The third-order valence-electron chi connectivity index (χ3n) is 2.62. The van der Waals surface area contributed by atoms with Gasteiger partial charge >= 0.3 is 0 Å². The Morgan fingerprint density at radius 1 is 1.19 bits per heavy atom. The maximum Gasteiger partial charge on any atom is 0.276 e. The SMILES string of the molecule is COc1ccc(C=NNS(=O)(=O)c2ccccc2)cc1Cl. The largest absolute Gasteiger partial charge is 0.495 e. The van der Waals surface area contributed by atoms with E-state index >= 15 is 0 Å². The van der Waals surface area contributed by atoms with E-state index in [0.29, 0.717) is 16.3 Å². The fourth-order valence-electron chi connectivity index (χ4n) is 1.59. The highest BCUT2D eigenvalue weighted by atomic mass is 35.5. The summed E-state index contributed by atoms with van der Waals surface area (Å²) in [6, 6.07) is 13.0. The van der Waals surface area contributed by atoms with Crippen LogP contribution in [0.25, 0.3) is 0 Å². The minimum absolute atomic E-state index is 0.148. The first-order valence-electron chi connectivity index (χ1n) is 5.96. The molecule has 0 saturated carbocycles. The molecule has 0 aliphatic rings. The predicted octanol–water partition coefficient (Wildman–Crippen LogP) is 2.66. The molecule has 0 aromatic heterocycles. The molecule has 0 saturated heterocycles. The summed E-state index contributed by atoms with van der Waals surface area (Å²) in [6.45, 7) is 0. The molecule has 0 fully saturated rings. The van der Waals surface area contributed by atoms with Gasteiger partial charge in [0, 0.05) is 0 Å². The van der Waals surface area contributed by atoms with E-state index in [-0.39, 0.29) is 4.90 Å². The monoisotopic (exact) mass is 324 g/mol. The van der Waals surface area contributed by atoms with Crippen molar-refractivity contribution >= 4 is 27.8 Å². The van der Waals surface area contributed by atoms with Crippen LogP contribution in [-0.2, 0) is 10.0 Å². The van der Waals surface area contributed by atoms with Crippen LogP contribution >= 0.6 is 11.6 Å². The molecule has 0 amide bonds. The van der Waals surface area contributed by atoms with Crippen molar-refractivity contribution in [3.8, 4) is 5.75 Å². The Kier molecular flexibility index (Phi) is 4.82. The maximum atomic E-state index is 11.9. The van der Waals surface area contributed by atoms with Gasteiger partial charge in [-0.25, -0.2) is 4.83 Å². The van der Waals surface area contributed by atoms with Crippen LogP contribution in [0, 0.1) is 0 Å². The van der Waals surface area contributed by atoms with Crippen LogP contribution in [0.2, 0.25) is 5.02 Å². The molecule has 0 atom stereocenters. The van der Waals surface area contributed by atoms with E-state index in [2.05, 4.69) is 9.93 Å². The third-order valence-corrected chi connectivity index (χ3v) is 4.15. The zero-order valence-electron chi connectivity index (χ0n) is 11.2. The number of nitrogens with one attached hydrogen (secondary N) is 1. The number of sulfonamides is 1. The molecule has 110 valence electrons. The third kappa shape index (κ3) is 3.96. The molecule has 0 heterocycles. The van der Waals surface area contributed by atoms with E-state index in [9.17, 15) is 8.42 Å². The van der Waals surface area contributed by atoms with Gasteiger partial charge in [0.25, 0.3) is 10.0 Å². The van der Waals surface area contributed by atoms with Crippen molar-refractivity contribution in [1.29, 1.82) is 0 Å². The average molecular weight is 325 g/mol. The molecule has 7 heteroatoms. The highest BCUT2D eigenvalue weighted by Crippen LogP contribution is 2.24. The number of hydrogen-bond acceptors (Lipinski definition) is 4. The molecule has 21 heavy (non-hydrogen) atoms. The van der Waals surface area contributed by atoms with E-state index in [0.717, 1.165) is 0 Å². The second-order valence-electron chi connectivity index (χ2n) is 4.06. The number of hydrogen-bond donors (Lipinski definition) is 1. The summed E-state index contributed by atoms with van der Waals surface area (Å²) in [5, 5.41) is 4.15. The van der Waals surface area contributed by atoms with Crippen molar-refractivity contribution in [1.82, 2.24) is 4.83 Å². The minimum Gasteiger partial charge on any atom is -0.495 e. The Labute approximate surface area is 128 Å². The van der Waals surface area contributed by atoms with Gasteiger partial charge in [0.15, 0.2) is 0 Å². The van der Waals surface area contributed by atoms with Crippen molar-refractivity contribution < 1.29 is 13.2 Å². The first-order valence-corrected chi connectivity index (χ1v) is 7.82. The molecule has 0 spiro atoms. The van der Waals surface area contributed by atoms with Gasteiger partial charge in [0.05, 0.1) is 23.2 Å². The van der Waals surface area contributed by atoms with E-state index in [1.807, 2.05) is 0 Å². The van der Waals surface area contributed by atoms with Gasteiger partial charge in [-0.1, -0.05) is 29.8 Å². The quantitative estimate of drug-likeness (QED) is 0.679. The number of nitrogens with zero attached hydrogens (tertiary/aromatic N) is 1. The molecular formula is C14H13ClN2O3S. The Balaban J connectivity index is 2.11. The van der Waals surface area contributed by atoms with E-state index in [1.54, 1.807) is 36.4 Å². The predicted molar refractivity (Wildman–Crippen MR) is 82.4 cm³/mol. The van der Waals surface area contributed by atoms with Crippen LogP contribution < -0.4 is 9.57 Å². The van der Waals surface area contributed by atoms with Crippen molar-refractivity contribution in [3.05, 3.63) is 59.1 Å². The zero-order chi connectivity index (χ0) is 15.3. The summed E-state index contributed by atoms with van der Waals surface area (Å²) in [5.74, 6) is 0.540. The molecule has 0 bridgehead atoms. The first kappa shape index (κ1) is 15.3. The van der Waals surface area contributed by atoms with Crippen molar-refractivity contribution in [3.63, 3.8) is 0 Å². The van der Waals surface area contributed by atoms with Crippen LogP contribution in [0.4, 0.5) is 0 Å². The number of rotatable bonds is 5. The molecule has 0 aliphatic heterocycles. The van der Waals surface area contributed by atoms with Gasteiger partial charge in [-0.3, -0.25) is 0 Å². The van der Waals surface area contributed by atoms with Crippen LogP contribution in [0.1, 0.15) is 5.56 Å². The lowest BCUT2D eigenvalue weighted by molar-refractivity contribution is 0.415. The van der Waals surface area contributed by atoms with Gasteiger partial charge in [-0.15, -0.1) is 0 Å². The second-order valence-corrected chi connectivity index (χ2v) is 6.13. The molecular weight excluding hydrogens is 312 g/mol. The maximum absolute atomic E-state index is 11.9. The molecule has 0 radical (unpaired) electrons. The van der Waals surface area contributed by atoms with Gasteiger partial charge in [0.2, 0.25) is 0 Å². The number of ether oxygens (including phenoxy) is 1. The van der Waals surface area contributed by atoms with Crippen LogP contribution in [0.3, 0.4) is 0 Å². The van der Waals surface area contributed by atoms with Crippen molar-refractivity contribution in [2.75, 3.05) is 7.11 Å². The van der Waals surface area contributed by atoms with E-state index in [1.165, 1.54) is 25.5 Å². The normalized spacial score (nSPS) is 11.5. The topological polar surface area (TPSA) is 67.8 Å². The minimum atomic E-state index is -3.66. The molecule has 2 aromatic rings. The number of hydrazone groups is 1. The average Bonchev–Trinajstić information content (AvgIpc) is 2.48. The molecule has 0 aliphatic carbocycles. The summed E-state index contributed by atoms with van der Waals surface area (Å²) in [5.41, 5.74) is 0.650. The fourth-order valence-corrected chi connectivity index (χ4v) is 2.66. The van der Waals surface area contributed by atoms with Gasteiger partial charge in [-0.05, 0) is 35.9 Å². The Hall–Kier alpha value is -2.05. The summed E-state index contributed by atoms with van der Waals surface area (Å²) in [4.78, 5) is 2.29. The fraction of sp³-hybridized carbons (Fsp3) is 0.0714. The first-order chi connectivity index (χ1) is 10.0. The second kappa shape index (κ2) is 6.60. The van der Waals surface area contributed by atoms with Crippen molar-refractivity contribution in [2.45, 2.75) is 4.90 Å². The molecule has 2 rings (SSSR count). The number of halogens is 1. The van der Waals surface area contributed by atoms with Crippen LogP contribution in [0.15, 0.2) is 58.5 Å². The smallest absolute Gasteiger partial charge is 0.276 e. The molecule has 0 unspecified atom stereocenters. The zero-order valence-corrected chi connectivity index (χ0v) is 12.7. The van der Waals surface area contributed by atoms with Gasteiger partial charge < -0.3 is 4.74 Å². The summed E-state index contributed by atoms with van der Waals surface area (Å²) < 4.78 is 28.9. The molecule has 5 nitrogen and oxygen atoms in total. The summed E-state index contributed by atoms with van der Waals surface area (Å²) in [7, 11) is -2.14. The summed E-state index contributed by atoms with van der Waals surface area (Å²) >= 11 is 5.97. The molecule has 2 aromatic carbocycles. The standard InChI is InChI=1S/C14H13ClN2O3S/c1-20-14-8-7-11(9-13(14)15)10-16-17-21(18,19)12-5-3-2-4-6-12/h2-10,17H,1H3. The highest BCUT2D eigenvalue weighted by Gasteiger charge is 2.11. The van der Waals surface area contributed by atoms with Crippen LogP contribution in [-0.4, -0.2) is 21.7 Å². The molecule has 1 N–H and O–H groups in total. The Morgan fingerprint density at radius 3 is 2.52 bits per heavy atom. The number of benzene rings is 2. The lowest BCUT2D eigenvalue weighted by Gasteiger charge is -2.04.